The lowest BCUT2D eigenvalue weighted by Crippen LogP contribution is -2.29. The second-order valence-corrected chi connectivity index (χ2v) is 6.81. The van der Waals surface area contributed by atoms with E-state index in [1.165, 1.54) is 6.33 Å². The van der Waals surface area contributed by atoms with E-state index in [0.717, 1.165) is 23.1 Å². The van der Waals surface area contributed by atoms with Crippen LogP contribution in [0.4, 0.5) is 10.6 Å². The second-order valence-electron chi connectivity index (χ2n) is 6.81. The lowest BCUT2D eigenvalue weighted by atomic mass is 10.1. The number of H-pyrrole nitrogens is 1. The Hall–Kier alpha value is -3.36. The van der Waals surface area contributed by atoms with Gasteiger partial charge in [0.2, 0.25) is 0 Å². The molecule has 0 spiro atoms. The first kappa shape index (κ1) is 20.4. The molecule has 0 amide bonds. The van der Waals surface area contributed by atoms with Crippen molar-refractivity contribution < 1.29 is 19.4 Å². The fraction of sp³-hybridized carbons (Fsp3) is 0.400. The summed E-state index contributed by atoms with van der Waals surface area (Å²) in [5.41, 5.74) is 2.26. The summed E-state index contributed by atoms with van der Waals surface area (Å²) in [7, 11) is 0. The van der Waals surface area contributed by atoms with Gasteiger partial charge in [-0.2, -0.15) is 5.10 Å². The van der Waals surface area contributed by atoms with E-state index in [9.17, 15) is 4.79 Å². The Labute approximate surface area is 168 Å². The van der Waals surface area contributed by atoms with Crippen molar-refractivity contribution in [2.45, 2.75) is 33.3 Å². The Morgan fingerprint density at radius 1 is 1.24 bits per heavy atom. The highest BCUT2D eigenvalue weighted by molar-refractivity contribution is 5.93. The van der Waals surface area contributed by atoms with E-state index in [1.54, 1.807) is 0 Å². The summed E-state index contributed by atoms with van der Waals surface area (Å²) in [5.74, 6) is 1.46. The third-order valence-corrected chi connectivity index (χ3v) is 4.21. The molecule has 29 heavy (non-hydrogen) atoms. The SMILES string of the molecule is CCCN(CCOC(=O)O)c1cc(-c2n[nH]c3ccc(OC(C)C)cc23)ncn1. The largest absolute Gasteiger partial charge is 0.505 e. The van der Waals surface area contributed by atoms with Crippen molar-refractivity contribution in [1.82, 2.24) is 20.2 Å². The minimum absolute atomic E-state index is 0.0654. The van der Waals surface area contributed by atoms with Crippen LogP contribution in [0.5, 0.6) is 5.75 Å². The van der Waals surface area contributed by atoms with Crippen LogP contribution in [0, 0.1) is 0 Å². The van der Waals surface area contributed by atoms with Gasteiger partial charge < -0.3 is 19.5 Å². The summed E-state index contributed by atoms with van der Waals surface area (Å²) >= 11 is 0. The molecule has 2 aromatic heterocycles. The average molecular weight is 399 g/mol. The highest BCUT2D eigenvalue weighted by Gasteiger charge is 2.15. The van der Waals surface area contributed by atoms with Crippen LogP contribution in [0.2, 0.25) is 0 Å². The van der Waals surface area contributed by atoms with E-state index < -0.39 is 6.16 Å². The maximum Gasteiger partial charge on any atom is 0.505 e. The number of fused-ring (bicyclic) bond motifs is 1. The van der Waals surface area contributed by atoms with Crippen molar-refractivity contribution in [3.8, 4) is 17.1 Å². The lowest BCUT2D eigenvalue weighted by molar-refractivity contribution is 0.0939. The number of aromatic nitrogens is 4. The third-order valence-electron chi connectivity index (χ3n) is 4.21. The zero-order valence-electron chi connectivity index (χ0n) is 16.8. The number of carbonyl (C=O) groups is 1. The Morgan fingerprint density at radius 3 is 2.79 bits per heavy atom. The molecule has 2 heterocycles. The van der Waals surface area contributed by atoms with Gasteiger partial charge in [-0.25, -0.2) is 14.8 Å². The first-order valence-electron chi connectivity index (χ1n) is 9.55. The molecule has 0 aliphatic carbocycles. The molecule has 0 fully saturated rings. The van der Waals surface area contributed by atoms with Gasteiger partial charge >= 0.3 is 6.16 Å². The summed E-state index contributed by atoms with van der Waals surface area (Å²) in [4.78, 5) is 21.3. The average Bonchev–Trinajstić information content (AvgIpc) is 3.10. The van der Waals surface area contributed by atoms with Crippen LogP contribution in [0.1, 0.15) is 27.2 Å². The van der Waals surface area contributed by atoms with Crippen molar-refractivity contribution in [3.05, 3.63) is 30.6 Å². The van der Waals surface area contributed by atoms with Crippen LogP contribution < -0.4 is 9.64 Å². The molecule has 9 heteroatoms. The van der Waals surface area contributed by atoms with E-state index in [-0.39, 0.29) is 12.7 Å². The zero-order chi connectivity index (χ0) is 20.8. The number of aromatic amines is 1. The molecule has 1 aromatic carbocycles. The molecule has 3 rings (SSSR count). The molecule has 0 saturated heterocycles. The predicted molar refractivity (Wildman–Crippen MR) is 109 cm³/mol. The third kappa shape index (κ3) is 5.13. The van der Waals surface area contributed by atoms with Crippen molar-refractivity contribution in [2.24, 2.45) is 0 Å². The Morgan fingerprint density at radius 2 is 2.07 bits per heavy atom. The van der Waals surface area contributed by atoms with Gasteiger partial charge in [-0.05, 0) is 38.5 Å². The quantitative estimate of drug-likeness (QED) is 0.523. The van der Waals surface area contributed by atoms with Gasteiger partial charge in [-0.3, -0.25) is 5.10 Å². The second kappa shape index (κ2) is 9.22. The number of rotatable bonds is 9. The number of benzene rings is 1. The Kier molecular flexibility index (Phi) is 6.48. The van der Waals surface area contributed by atoms with Gasteiger partial charge in [0, 0.05) is 18.0 Å². The molecule has 0 atom stereocenters. The number of hydrogen-bond donors (Lipinski definition) is 2. The van der Waals surface area contributed by atoms with E-state index in [0.29, 0.717) is 30.3 Å². The molecule has 0 saturated carbocycles. The van der Waals surface area contributed by atoms with Crippen LogP contribution in [-0.2, 0) is 4.74 Å². The minimum Gasteiger partial charge on any atom is -0.491 e. The van der Waals surface area contributed by atoms with Crippen LogP contribution in [0.15, 0.2) is 30.6 Å². The van der Waals surface area contributed by atoms with E-state index >= 15 is 0 Å². The van der Waals surface area contributed by atoms with Crippen LogP contribution in [0.3, 0.4) is 0 Å². The maximum atomic E-state index is 10.6. The van der Waals surface area contributed by atoms with Crippen molar-refractivity contribution in [3.63, 3.8) is 0 Å². The Balaban J connectivity index is 1.90. The topological polar surface area (TPSA) is 113 Å². The molecule has 0 unspecified atom stereocenters. The van der Waals surface area contributed by atoms with Crippen LogP contribution in [-0.4, -0.2) is 57.2 Å². The molecule has 3 aromatic rings. The molecule has 0 bridgehead atoms. The van der Waals surface area contributed by atoms with E-state index in [2.05, 4.69) is 24.9 Å². The molecule has 2 N–H and O–H groups in total. The summed E-state index contributed by atoms with van der Waals surface area (Å²) in [6.45, 7) is 7.19. The van der Waals surface area contributed by atoms with Crippen LogP contribution >= 0.6 is 0 Å². The fourth-order valence-electron chi connectivity index (χ4n) is 3.04. The van der Waals surface area contributed by atoms with Gasteiger partial charge in [0.05, 0.1) is 23.9 Å². The minimum atomic E-state index is -1.28. The lowest BCUT2D eigenvalue weighted by Gasteiger charge is -2.22. The monoisotopic (exact) mass is 399 g/mol. The standard InChI is InChI=1S/C20H25N5O4/c1-4-7-25(8-9-28-20(26)27)18-11-17(21-12-22-18)19-15-10-14(29-13(2)3)5-6-16(15)23-24-19/h5-6,10-13H,4,7-9H2,1-3H3,(H,23,24)(H,26,27). The first-order valence-corrected chi connectivity index (χ1v) is 9.55. The molecular formula is C20H25N5O4. The molecular weight excluding hydrogens is 374 g/mol. The van der Waals surface area contributed by atoms with Crippen molar-refractivity contribution in [2.75, 3.05) is 24.6 Å². The number of anilines is 1. The molecule has 154 valence electrons. The van der Waals surface area contributed by atoms with E-state index in [1.807, 2.05) is 49.9 Å². The van der Waals surface area contributed by atoms with Gasteiger partial charge in [0.1, 0.15) is 30.2 Å². The normalized spacial score (nSPS) is 11.0. The number of nitrogens with one attached hydrogen (secondary N) is 1. The fourth-order valence-corrected chi connectivity index (χ4v) is 3.04. The van der Waals surface area contributed by atoms with Crippen LogP contribution in [0.25, 0.3) is 22.3 Å². The summed E-state index contributed by atoms with van der Waals surface area (Å²) in [6.07, 6.45) is 1.16. The highest BCUT2D eigenvalue weighted by atomic mass is 16.7. The number of hydrogen-bond acceptors (Lipinski definition) is 7. The highest BCUT2D eigenvalue weighted by Crippen LogP contribution is 2.29. The zero-order valence-corrected chi connectivity index (χ0v) is 16.8. The summed E-state index contributed by atoms with van der Waals surface area (Å²) in [6, 6.07) is 7.63. The van der Waals surface area contributed by atoms with Gasteiger partial charge in [0.15, 0.2) is 0 Å². The smallest absolute Gasteiger partial charge is 0.491 e. The van der Waals surface area contributed by atoms with Gasteiger partial charge in [-0.15, -0.1) is 0 Å². The molecule has 9 nitrogen and oxygen atoms in total. The maximum absolute atomic E-state index is 10.6. The summed E-state index contributed by atoms with van der Waals surface area (Å²) in [5, 5.41) is 17.0. The first-order chi connectivity index (χ1) is 14.0. The molecule has 0 aliphatic heterocycles. The Bertz CT molecular complexity index is 972. The van der Waals surface area contributed by atoms with Crippen molar-refractivity contribution in [1.29, 1.82) is 0 Å². The van der Waals surface area contributed by atoms with Gasteiger partial charge in [-0.1, -0.05) is 6.92 Å². The van der Waals surface area contributed by atoms with Crippen molar-refractivity contribution >= 4 is 22.9 Å². The van der Waals surface area contributed by atoms with E-state index in [4.69, 9.17) is 9.84 Å². The van der Waals surface area contributed by atoms with Gasteiger partial charge in [0.25, 0.3) is 0 Å². The predicted octanol–water partition coefficient (Wildman–Crippen LogP) is 3.72. The number of carboxylic acid groups (broad SMARTS) is 1. The number of ether oxygens (including phenoxy) is 2. The molecule has 0 aliphatic rings. The molecule has 0 radical (unpaired) electrons. The summed E-state index contributed by atoms with van der Waals surface area (Å²) < 4.78 is 10.4. The number of nitrogens with zero attached hydrogens (tertiary/aromatic N) is 4.